The molecule has 0 amide bonds. The minimum atomic E-state index is -4.67. The van der Waals surface area contributed by atoms with Crippen LogP contribution < -0.4 is 17.0 Å². The van der Waals surface area contributed by atoms with Gasteiger partial charge in [-0.05, 0) is 60.6 Å². The van der Waals surface area contributed by atoms with E-state index in [1.54, 1.807) is 29.6 Å². The molecule has 176 valence electrons. The summed E-state index contributed by atoms with van der Waals surface area (Å²) in [4.78, 5) is 8.15. The zero-order valence-electron chi connectivity index (χ0n) is 18.3. The Morgan fingerprint density at radius 2 is 1.97 bits per heavy atom. The van der Waals surface area contributed by atoms with E-state index in [0.29, 0.717) is 11.4 Å². The fraction of sp³-hybridized carbons (Fsp3) is 0.304. The number of halogens is 4. The maximum Gasteiger partial charge on any atom is 0.434 e. The number of pyridine rings is 1. The predicted molar refractivity (Wildman–Crippen MR) is 124 cm³/mol. The van der Waals surface area contributed by atoms with Gasteiger partial charge in [-0.1, -0.05) is 24.6 Å². The molecule has 0 saturated carbocycles. The SMILES string of the molecule is CCC1CCc2cc(Cl)ccc21.Cn1cnc(-c2cc(/C(N)=C(/NN)C(F)(F)F)ccn2)c1. The summed E-state index contributed by atoms with van der Waals surface area (Å²) in [6.07, 6.45) is 3.72. The number of nitrogens with two attached hydrogens (primary N) is 2. The molecule has 0 saturated heterocycles. The Hall–Kier alpha value is -3.04. The van der Waals surface area contributed by atoms with E-state index in [1.807, 2.05) is 6.07 Å². The molecule has 1 aromatic carbocycles. The van der Waals surface area contributed by atoms with Gasteiger partial charge in [-0.2, -0.15) is 13.2 Å². The minimum absolute atomic E-state index is 0.149. The van der Waals surface area contributed by atoms with Gasteiger partial charge in [0.2, 0.25) is 0 Å². The van der Waals surface area contributed by atoms with Crippen LogP contribution in [0.15, 0.2) is 54.7 Å². The topological polar surface area (TPSA) is 94.8 Å². The molecule has 2 aromatic heterocycles. The molecular weight excluding hydrogens is 453 g/mol. The number of benzene rings is 1. The lowest BCUT2D eigenvalue weighted by Crippen LogP contribution is -2.34. The van der Waals surface area contributed by atoms with Gasteiger partial charge >= 0.3 is 6.18 Å². The molecule has 0 spiro atoms. The molecule has 2 heterocycles. The molecule has 6 nitrogen and oxygen atoms in total. The third-order valence-corrected chi connectivity index (χ3v) is 5.77. The zero-order chi connectivity index (χ0) is 24.2. The molecule has 0 aliphatic heterocycles. The van der Waals surface area contributed by atoms with E-state index in [0.717, 1.165) is 10.9 Å². The number of hydrogen-bond donors (Lipinski definition) is 3. The van der Waals surface area contributed by atoms with Crippen LogP contribution in [-0.2, 0) is 13.5 Å². The lowest BCUT2D eigenvalue weighted by molar-refractivity contribution is -0.0961. The highest BCUT2D eigenvalue weighted by Gasteiger charge is 2.36. The third kappa shape index (κ3) is 5.85. The number of fused-ring (bicyclic) bond motifs is 1. The Labute approximate surface area is 195 Å². The van der Waals surface area contributed by atoms with Gasteiger partial charge in [-0.3, -0.25) is 10.8 Å². The second kappa shape index (κ2) is 10.3. The van der Waals surface area contributed by atoms with Crippen molar-refractivity contribution in [2.45, 2.75) is 38.3 Å². The van der Waals surface area contributed by atoms with Gasteiger partial charge in [-0.15, -0.1) is 0 Å². The molecule has 0 radical (unpaired) electrons. The van der Waals surface area contributed by atoms with Crippen LogP contribution in [-0.4, -0.2) is 20.7 Å². The van der Waals surface area contributed by atoms with Gasteiger partial charge in [0, 0.05) is 30.0 Å². The number of aryl methyl sites for hydroxylation is 2. The second-order valence-electron chi connectivity index (χ2n) is 7.77. The number of hydrazine groups is 1. The van der Waals surface area contributed by atoms with Crippen molar-refractivity contribution in [3.63, 3.8) is 0 Å². The molecule has 10 heteroatoms. The predicted octanol–water partition coefficient (Wildman–Crippen LogP) is 4.91. The molecule has 33 heavy (non-hydrogen) atoms. The Bertz CT molecular complexity index is 1140. The highest BCUT2D eigenvalue weighted by molar-refractivity contribution is 6.30. The van der Waals surface area contributed by atoms with Crippen LogP contribution in [0, 0.1) is 0 Å². The molecular formula is C23H26ClF3N6. The van der Waals surface area contributed by atoms with Crippen LogP contribution in [0.2, 0.25) is 5.02 Å². The molecule has 0 bridgehead atoms. The van der Waals surface area contributed by atoms with Gasteiger partial charge < -0.3 is 15.7 Å². The van der Waals surface area contributed by atoms with E-state index < -0.39 is 17.6 Å². The van der Waals surface area contributed by atoms with Crippen LogP contribution in [0.1, 0.15) is 42.4 Å². The van der Waals surface area contributed by atoms with Crippen molar-refractivity contribution in [1.29, 1.82) is 0 Å². The standard InChI is InChI=1S/C12H13F3N6.C11H13Cl/c1-21-5-9(19-6-21)8-4-7(2-3-18-8)10(16)11(20-17)12(13,14)15;1-2-8-3-4-9-7-10(12)5-6-11(8)9/h2-6,20H,16-17H2,1H3;5-8H,2-4H2,1H3/b11-10-;. The van der Waals surface area contributed by atoms with Crippen molar-refractivity contribution in [1.82, 2.24) is 20.0 Å². The second-order valence-corrected chi connectivity index (χ2v) is 8.21. The first-order valence-corrected chi connectivity index (χ1v) is 10.8. The van der Waals surface area contributed by atoms with E-state index in [4.69, 9.17) is 23.2 Å². The van der Waals surface area contributed by atoms with Crippen molar-refractivity contribution >= 4 is 17.3 Å². The van der Waals surface area contributed by atoms with Crippen molar-refractivity contribution in [3.05, 3.63) is 76.5 Å². The van der Waals surface area contributed by atoms with Crippen LogP contribution in [0.25, 0.3) is 17.1 Å². The summed E-state index contributed by atoms with van der Waals surface area (Å²) >= 11 is 5.91. The van der Waals surface area contributed by atoms with E-state index in [2.05, 4.69) is 29.0 Å². The van der Waals surface area contributed by atoms with Crippen molar-refractivity contribution in [2.75, 3.05) is 0 Å². The molecule has 5 N–H and O–H groups in total. The van der Waals surface area contributed by atoms with E-state index >= 15 is 0 Å². The van der Waals surface area contributed by atoms with Crippen LogP contribution >= 0.6 is 11.6 Å². The first-order chi connectivity index (χ1) is 15.6. The van der Waals surface area contributed by atoms with E-state index in [9.17, 15) is 13.2 Å². The van der Waals surface area contributed by atoms with Crippen LogP contribution in [0.4, 0.5) is 13.2 Å². The number of imidazole rings is 1. The Balaban J connectivity index is 0.000000215. The van der Waals surface area contributed by atoms with Crippen LogP contribution in [0.5, 0.6) is 0 Å². The summed E-state index contributed by atoms with van der Waals surface area (Å²) in [6.45, 7) is 2.26. The smallest absolute Gasteiger partial charge is 0.397 e. The number of aromatic nitrogens is 3. The number of alkyl halides is 3. The highest BCUT2D eigenvalue weighted by Crippen LogP contribution is 2.36. The molecule has 3 aromatic rings. The normalized spacial score (nSPS) is 15.9. The lowest BCUT2D eigenvalue weighted by Gasteiger charge is -2.14. The summed E-state index contributed by atoms with van der Waals surface area (Å²) < 4.78 is 40.0. The summed E-state index contributed by atoms with van der Waals surface area (Å²) in [5.41, 5.74) is 9.51. The summed E-state index contributed by atoms with van der Waals surface area (Å²) in [7, 11) is 1.77. The van der Waals surface area contributed by atoms with E-state index in [1.165, 1.54) is 48.7 Å². The maximum absolute atomic E-state index is 12.8. The summed E-state index contributed by atoms with van der Waals surface area (Å²) in [6, 6.07) is 9.10. The number of nitrogens with zero attached hydrogens (tertiary/aromatic N) is 3. The van der Waals surface area contributed by atoms with Gasteiger partial charge in [0.05, 0.1) is 17.7 Å². The quantitative estimate of drug-likeness (QED) is 0.365. The fourth-order valence-electron chi connectivity index (χ4n) is 3.84. The Kier molecular flexibility index (Phi) is 7.65. The molecule has 0 fully saturated rings. The molecule has 1 aliphatic carbocycles. The van der Waals surface area contributed by atoms with Crippen molar-refractivity contribution in [3.8, 4) is 11.4 Å². The number of hydrogen-bond acceptors (Lipinski definition) is 5. The highest BCUT2D eigenvalue weighted by atomic mass is 35.5. The third-order valence-electron chi connectivity index (χ3n) is 5.54. The average molecular weight is 479 g/mol. The Morgan fingerprint density at radius 3 is 2.58 bits per heavy atom. The number of nitrogens with one attached hydrogen (secondary N) is 1. The fourth-order valence-corrected chi connectivity index (χ4v) is 4.03. The summed E-state index contributed by atoms with van der Waals surface area (Å²) in [5.74, 6) is 5.70. The number of rotatable bonds is 4. The minimum Gasteiger partial charge on any atom is -0.397 e. The van der Waals surface area contributed by atoms with Crippen molar-refractivity contribution < 1.29 is 13.2 Å². The molecule has 4 rings (SSSR count). The zero-order valence-corrected chi connectivity index (χ0v) is 19.1. The average Bonchev–Trinajstić information content (AvgIpc) is 3.39. The van der Waals surface area contributed by atoms with Gasteiger partial charge in [-0.25, -0.2) is 4.98 Å². The largest absolute Gasteiger partial charge is 0.434 e. The molecule has 1 aliphatic rings. The first kappa shape index (κ1) is 24.6. The van der Waals surface area contributed by atoms with Crippen LogP contribution in [0.3, 0.4) is 0 Å². The lowest BCUT2D eigenvalue weighted by atomic mass is 9.99. The van der Waals surface area contributed by atoms with Gasteiger partial charge in [0.15, 0.2) is 5.70 Å². The molecule has 1 unspecified atom stereocenters. The molecule has 1 atom stereocenters. The monoisotopic (exact) mass is 478 g/mol. The van der Waals surface area contributed by atoms with Gasteiger partial charge in [0.1, 0.15) is 5.69 Å². The maximum atomic E-state index is 12.8. The number of allylic oxidation sites excluding steroid dienone is 1. The van der Waals surface area contributed by atoms with Crippen molar-refractivity contribution in [2.24, 2.45) is 18.6 Å². The van der Waals surface area contributed by atoms with Gasteiger partial charge in [0.25, 0.3) is 0 Å². The van der Waals surface area contributed by atoms with E-state index in [-0.39, 0.29) is 5.56 Å². The Morgan fingerprint density at radius 1 is 1.21 bits per heavy atom. The first-order valence-electron chi connectivity index (χ1n) is 10.4. The summed E-state index contributed by atoms with van der Waals surface area (Å²) in [5, 5.41) is 0.880.